The van der Waals surface area contributed by atoms with Gasteiger partial charge in [-0.2, -0.15) is 4.98 Å². The van der Waals surface area contributed by atoms with Crippen LogP contribution in [-0.4, -0.2) is 50.4 Å². The van der Waals surface area contributed by atoms with Gasteiger partial charge < -0.3 is 19.9 Å². The van der Waals surface area contributed by atoms with Crippen molar-refractivity contribution in [2.24, 2.45) is 5.92 Å². The Balaban J connectivity index is 1.81. The third-order valence-electron chi connectivity index (χ3n) is 4.32. The summed E-state index contributed by atoms with van der Waals surface area (Å²) in [5, 5.41) is 15.5. The Labute approximate surface area is 209 Å². The third kappa shape index (κ3) is 7.13. The molecule has 0 saturated heterocycles. The molecule has 2 atom stereocenters. The zero-order valence-corrected chi connectivity index (χ0v) is 21.9. The summed E-state index contributed by atoms with van der Waals surface area (Å²) in [6.07, 6.45) is 1.69. The number of nitrogens with zero attached hydrogens (tertiary/aromatic N) is 2. The molecule has 1 unspecified atom stereocenters. The van der Waals surface area contributed by atoms with E-state index in [1.807, 2.05) is 24.4 Å². The number of thiophene rings is 1. The van der Waals surface area contributed by atoms with E-state index in [9.17, 15) is 14.1 Å². The maximum absolute atomic E-state index is 12.8. The molecule has 8 nitrogen and oxygen atoms in total. The van der Waals surface area contributed by atoms with Gasteiger partial charge in [0, 0.05) is 55.4 Å². The Hall–Kier alpha value is -2.22. The number of nitrogens with one attached hydrogen (secondary N) is 1. The van der Waals surface area contributed by atoms with E-state index < -0.39 is 12.7 Å². The first kappa shape index (κ1) is 25.4. The molecule has 3 aromatic rings. The van der Waals surface area contributed by atoms with Crippen molar-refractivity contribution in [1.29, 1.82) is 0 Å². The number of aliphatic hydroxyl groups excluding tert-OH is 1. The molecule has 0 aliphatic carbocycles. The molecule has 0 bridgehead atoms. The number of rotatable bonds is 10. The number of hydrogen-bond donors (Lipinski definition) is 2. The third-order valence-corrected chi connectivity index (χ3v) is 8.93. The second kappa shape index (κ2) is 11.8. The van der Waals surface area contributed by atoms with Crippen LogP contribution in [0.3, 0.4) is 0 Å². The number of aliphatic hydroxyl groups is 1. The van der Waals surface area contributed by atoms with E-state index in [2.05, 4.69) is 15.3 Å². The second-order valence-electron chi connectivity index (χ2n) is 7.03. The second-order valence-corrected chi connectivity index (χ2v) is 13.7. The Bertz CT molecular complexity index is 1190. The van der Waals surface area contributed by atoms with Gasteiger partial charge in [-0.05, 0) is 42.6 Å². The molecule has 33 heavy (non-hydrogen) atoms. The molecule has 176 valence electrons. The molecule has 0 amide bonds. The predicted octanol–water partition coefficient (Wildman–Crippen LogP) is 4.31. The molecule has 11 heteroatoms. The molecule has 2 heterocycles. The highest BCUT2D eigenvalue weighted by molar-refractivity contribution is 14.2. The maximum atomic E-state index is 12.8. The molecular weight excluding hydrogens is 577 g/mol. The highest BCUT2D eigenvalue weighted by Gasteiger charge is 2.14. The number of carbonyl (C=O) groups is 1. The van der Waals surface area contributed by atoms with Crippen molar-refractivity contribution in [2.75, 3.05) is 25.1 Å². The van der Waals surface area contributed by atoms with Gasteiger partial charge in [0.2, 0.25) is 11.8 Å². The number of hydrogen-bond acceptors (Lipinski definition) is 9. The van der Waals surface area contributed by atoms with Crippen LogP contribution in [0.25, 0.3) is 10.4 Å². The first-order chi connectivity index (χ1) is 15.8. The fraction of sp³-hybridized carbons (Fsp3) is 0.273. The minimum atomic E-state index is -2.70. The maximum Gasteiger partial charge on any atom is 0.339 e. The van der Waals surface area contributed by atoms with Gasteiger partial charge in [0.05, 0.1) is 30.8 Å². The van der Waals surface area contributed by atoms with Crippen LogP contribution in [0, 0.1) is 5.92 Å². The van der Waals surface area contributed by atoms with Crippen LogP contribution in [-0.2, 0) is 16.2 Å². The molecule has 1 aromatic carbocycles. The number of halogens is 1. The molecule has 0 aliphatic rings. The normalized spacial score (nSPS) is 13.6. The average molecular weight is 601 g/mol. The monoisotopic (exact) mass is 601 g/mol. The summed E-state index contributed by atoms with van der Waals surface area (Å²) in [6.45, 7) is 1.44. The van der Waals surface area contributed by atoms with Gasteiger partial charge in [-0.25, -0.2) is 9.78 Å². The van der Waals surface area contributed by atoms with Gasteiger partial charge in [-0.1, -0.05) is 13.0 Å². The van der Waals surface area contributed by atoms with Crippen LogP contribution in [0.15, 0.2) is 52.9 Å². The minimum absolute atomic E-state index is 0.0183. The molecular formula is C22H24IN3O5S2. The molecule has 3 rings (SSSR count). The van der Waals surface area contributed by atoms with Crippen molar-refractivity contribution < 1.29 is 23.6 Å². The van der Waals surface area contributed by atoms with E-state index in [4.69, 9.17) is 9.47 Å². The van der Waals surface area contributed by atoms with Crippen LogP contribution in [0.1, 0.15) is 13.8 Å². The summed E-state index contributed by atoms with van der Waals surface area (Å²) in [7, 11) is 0. The van der Waals surface area contributed by atoms with E-state index in [0.29, 0.717) is 29.0 Å². The van der Waals surface area contributed by atoms with E-state index in [-0.39, 0.29) is 19.1 Å². The van der Waals surface area contributed by atoms with E-state index >= 15 is 0 Å². The summed E-state index contributed by atoms with van der Waals surface area (Å²) in [6, 6.07) is 10.7. The van der Waals surface area contributed by atoms with Crippen molar-refractivity contribution >= 4 is 62.2 Å². The van der Waals surface area contributed by atoms with E-state index in [1.54, 1.807) is 69.9 Å². The number of benzene rings is 1. The topological polar surface area (TPSA) is 111 Å². The van der Waals surface area contributed by atoms with Crippen molar-refractivity contribution in [3.05, 3.63) is 48.0 Å². The lowest BCUT2D eigenvalue weighted by atomic mass is 10.2. The summed E-state index contributed by atoms with van der Waals surface area (Å²) < 4.78 is 23.6. The zero-order chi connectivity index (χ0) is 23.8. The van der Waals surface area contributed by atoms with Gasteiger partial charge in [0.1, 0.15) is 0 Å². The number of carbonyl (C=O) groups excluding carboxylic acids is 1. The fourth-order valence-electron chi connectivity index (χ4n) is 2.63. The zero-order valence-electron chi connectivity index (χ0n) is 18.1. The highest BCUT2D eigenvalue weighted by atomic mass is 127. The Morgan fingerprint density at radius 2 is 2.09 bits per heavy atom. The highest BCUT2D eigenvalue weighted by Crippen LogP contribution is 2.33. The Morgan fingerprint density at radius 1 is 1.33 bits per heavy atom. The molecule has 0 saturated carbocycles. The minimum Gasteiger partial charge on any atom is -0.477 e. The van der Waals surface area contributed by atoms with Gasteiger partial charge in [0.15, 0.2) is 0 Å². The van der Waals surface area contributed by atoms with Crippen LogP contribution in [0.4, 0.5) is 11.6 Å². The lowest BCUT2D eigenvalue weighted by molar-refractivity contribution is -0.134. The van der Waals surface area contributed by atoms with Crippen LogP contribution >= 0.6 is 32.5 Å². The van der Waals surface area contributed by atoms with Crippen LogP contribution in [0.2, 0.25) is 0 Å². The van der Waals surface area contributed by atoms with E-state index in [0.717, 1.165) is 15.8 Å². The van der Waals surface area contributed by atoms with Gasteiger partial charge in [-0.15, -0.1) is 11.3 Å². The summed E-state index contributed by atoms with van der Waals surface area (Å²) in [5.41, 5.74) is 1.45. The first-order valence-electron chi connectivity index (χ1n) is 10.1. The molecule has 0 radical (unpaired) electrons. The summed E-state index contributed by atoms with van der Waals surface area (Å²) in [4.78, 5) is 22.1. The van der Waals surface area contributed by atoms with Crippen molar-refractivity contribution in [3.8, 4) is 16.3 Å². The average Bonchev–Trinajstić information content (AvgIpc) is 3.32. The summed E-state index contributed by atoms with van der Waals surface area (Å²) >= 11 is 3.31. The van der Waals surface area contributed by atoms with E-state index in [1.165, 1.54) is 0 Å². The van der Waals surface area contributed by atoms with Gasteiger partial charge >= 0.3 is 5.97 Å². The van der Waals surface area contributed by atoms with Crippen molar-refractivity contribution in [2.45, 2.75) is 18.7 Å². The Morgan fingerprint density at radius 3 is 2.73 bits per heavy atom. The lowest BCUT2D eigenvalue weighted by Gasteiger charge is -2.14. The number of ether oxygens (including phenoxy) is 2. The van der Waals surface area contributed by atoms with Gasteiger partial charge in [-0.3, -0.25) is 4.21 Å². The molecule has 2 aromatic heterocycles. The molecule has 0 fully saturated rings. The van der Waals surface area contributed by atoms with Gasteiger partial charge in [0.25, 0.3) is 0 Å². The SMILES string of the molecule is CCOC(=O)C=S(=O)(I)c1ccc(Nc2ncc(-c3cccs3)c(OC[C@H](C)CO)n2)cc1. The molecule has 0 aliphatic heterocycles. The number of esters is 1. The lowest BCUT2D eigenvalue weighted by Crippen LogP contribution is -2.13. The Kier molecular flexibility index (Phi) is 9.06. The molecule has 0 spiro atoms. The van der Waals surface area contributed by atoms with Crippen LogP contribution in [0.5, 0.6) is 5.88 Å². The standard InChI is InChI=1S/C22H24IN3O5S2/c1-3-30-20(28)14-33(23,29)17-8-6-16(7-9-17)25-22-24-11-18(19-5-4-10-32-19)21(26-22)31-13-15(2)12-27/h4-11,14-15,27H,3,12-13H2,1-2H3,(H,24,25,26)/t15-,33?/m1/s1. The quantitative estimate of drug-likeness (QED) is 0.153. The number of anilines is 2. The predicted molar refractivity (Wildman–Crippen MR) is 140 cm³/mol. The van der Waals surface area contributed by atoms with Crippen molar-refractivity contribution in [3.63, 3.8) is 0 Å². The number of aromatic nitrogens is 2. The van der Waals surface area contributed by atoms with Crippen LogP contribution < -0.4 is 10.1 Å². The van der Waals surface area contributed by atoms with Crippen molar-refractivity contribution in [1.82, 2.24) is 9.97 Å². The summed E-state index contributed by atoms with van der Waals surface area (Å²) in [5.74, 6) is 0.116. The first-order valence-corrected chi connectivity index (χ1v) is 15.1. The fourth-order valence-corrected chi connectivity index (χ4v) is 5.82. The largest absolute Gasteiger partial charge is 0.477 e. The molecule has 2 N–H and O–H groups in total. The smallest absolute Gasteiger partial charge is 0.339 e.